The van der Waals surface area contributed by atoms with Gasteiger partial charge in [0.05, 0.1) is 19.8 Å². The summed E-state index contributed by atoms with van der Waals surface area (Å²) < 4.78 is 4.48. The van der Waals surface area contributed by atoms with Crippen molar-refractivity contribution in [3.05, 3.63) is 11.6 Å². The van der Waals surface area contributed by atoms with Gasteiger partial charge in [-0.3, -0.25) is 0 Å². The van der Waals surface area contributed by atoms with Crippen LogP contribution in [0.2, 0.25) is 0 Å². The van der Waals surface area contributed by atoms with Crippen LogP contribution in [-0.4, -0.2) is 36.0 Å². The maximum atomic E-state index is 11.0. The lowest BCUT2D eigenvalue weighted by atomic mass is 9.86. The van der Waals surface area contributed by atoms with E-state index in [1.165, 1.54) is 13.2 Å². The second-order valence-electron chi connectivity index (χ2n) is 3.93. The van der Waals surface area contributed by atoms with Crippen LogP contribution in [0.25, 0.3) is 0 Å². The molecule has 0 aliphatic rings. The molecule has 0 rings (SSSR count). The SMILES string of the molecule is COC(=O)C(C)=CC(O)C(C)(C)CO. The lowest BCUT2D eigenvalue weighted by Gasteiger charge is -2.26. The van der Waals surface area contributed by atoms with Gasteiger partial charge in [0.2, 0.25) is 0 Å². The maximum Gasteiger partial charge on any atom is 0.333 e. The molecule has 2 N–H and O–H groups in total. The van der Waals surface area contributed by atoms with Gasteiger partial charge in [-0.2, -0.15) is 0 Å². The van der Waals surface area contributed by atoms with Crippen LogP contribution in [-0.2, 0) is 9.53 Å². The highest BCUT2D eigenvalue weighted by molar-refractivity contribution is 5.87. The third kappa shape index (κ3) is 3.47. The molecular formula is C10H18O4. The van der Waals surface area contributed by atoms with Crippen LogP contribution in [0, 0.1) is 5.41 Å². The summed E-state index contributed by atoms with van der Waals surface area (Å²) in [7, 11) is 1.28. The first-order valence-electron chi connectivity index (χ1n) is 4.41. The fraction of sp³-hybridized carbons (Fsp3) is 0.700. The smallest absolute Gasteiger partial charge is 0.333 e. The van der Waals surface area contributed by atoms with Crippen LogP contribution in [0.15, 0.2) is 11.6 Å². The number of methoxy groups -OCH3 is 1. The van der Waals surface area contributed by atoms with E-state index in [-0.39, 0.29) is 6.61 Å². The zero-order chi connectivity index (χ0) is 11.4. The predicted octanol–water partition coefficient (Wildman–Crippen LogP) is 0.485. The minimum absolute atomic E-state index is 0.154. The van der Waals surface area contributed by atoms with Gasteiger partial charge in [0.15, 0.2) is 0 Å². The first-order chi connectivity index (χ1) is 6.35. The Kier molecular flexibility index (Phi) is 4.80. The molecule has 14 heavy (non-hydrogen) atoms. The van der Waals surface area contributed by atoms with E-state index in [2.05, 4.69) is 4.74 Å². The zero-order valence-electron chi connectivity index (χ0n) is 9.07. The van der Waals surface area contributed by atoms with Gasteiger partial charge in [0.25, 0.3) is 0 Å². The van der Waals surface area contributed by atoms with Crippen LogP contribution in [0.1, 0.15) is 20.8 Å². The topological polar surface area (TPSA) is 66.8 Å². The normalized spacial score (nSPS) is 15.1. The van der Waals surface area contributed by atoms with Crippen molar-refractivity contribution in [2.24, 2.45) is 5.41 Å². The van der Waals surface area contributed by atoms with Gasteiger partial charge in [-0.25, -0.2) is 4.79 Å². The number of aliphatic hydroxyl groups excluding tert-OH is 2. The van der Waals surface area contributed by atoms with E-state index in [1.54, 1.807) is 20.8 Å². The summed E-state index contributed by atoms with van der Waals surface area (Å²) in [5, 5.41) is 18.6. The largest absolute Gasteiger partial charge is 0.466 e. The molecule has 0 aliphatic carbocycles. The Labute approximate surface area is 84.2 Å². The zero-order valence-corrected chi connectivity index (χ0v) is 9.07. The van der Waals surface area contributed by atoms with Gasteiger partial charge < -0.3 is 14.9 Å². The van der Waals surface area contributed by atoms with Crippen molar-refractivity contribution in [2.45, 2.75) is 26.9 Å². The lowest BCUT2D eigenvalue weighted by Crippen LogP contribution is -2.31. The molecule has 0 saturated heterocycles. The van der Waals surface area contributed by atoms with Crippen molar-refractivity contribution in [3.63, 3.8) is 0 Å². The molecule has 0 aromatic rings. The minimum Gasteiger partial charge on any atom is -0.466 e. The molecule has 82 valence electrons. The monoisotopic (exact) mass is 202 g/mol. The molecule has 0 aliphatic heterocycles. The third-order valence-corrected chi connectivity index (χ3v) is 2.12. The average Bonchev–Trinajstić information content (AvgIpc) is 2.16. The van der Waals surface area contributed by atoms with Gasteiger partial charge in [0, 0.05) is 11.0 Å². The van der Waals surface area contributed by atoms with Crippen LogP contribution in [0.5, 0.6) is 0 Å². The van der Waals surface area contributed by atoms with Gasteiger partial charge in [-0.1, -0.05) is 13.8 Å². The van der Waals surface area contributed by atoms with E-state index in [0.717, 1.165) is 0 Å². The first kappa shape index (κ1) is 13.1. The average molecular weight is 202 g/mol. The minimum atomic E-state index is -0.869. The lowest BCUT2D eigenvalue weighted by molar-refractivity contribution is -0.136. The number of hydrogen-bond acceptors (Lipinski definition) is 4. The van der Waals surface area contributed by atoms with Gasteiger partial charge >= 0.3 is 5.97 Å². The Morgan fingerprint density at radius 3 is 2.43 bits per heavy atom. The highest BCUT2D eigenvalue weighted by atomic mass is 16.5. The molecule has 4 heteroatoms. The van der Waals surface area contributed by atoms with E-state index >= 15 is 0 Å². The number of esters is 1. The second kappa shape index (κ2) is 5.12. The van der Waals surface area contributed by atoms with Crippen LogP contribution >= 0.6 is 0 Å². The van der Waals surface area contributed by atoms with E-state index in [1.807, 2.05) is 0 Å². The number of hydrogen-bond donors (Lipinski definition) is 2. The van der Waals surface area contributed by atoms with Crippen LogP contribution < -0.4 is 0 Å². The van der Waals surface area contributed by atoms with E-state index in [9.17, 15) is 9.90 Å². The standard InChI is InChI=1S/C10H18O4/c1-7(9(13)14-4)5-8(12)10(2,3)6-11/h5,8,11-12H,6H2,1-4H3. The summed E-state index contributed by atoms with van der Waals surface area (Å²) >= 11 is 0. The van der Waals surface area contributed by atoms with Crippen LogP contribution in [0.3, 0.4) is 0 Å². The Balaban J connectivity index is 4.58. The Bertz CT molecular complexity index is 230. The van der Waals surface area contributed by atoms with E-state index in [0.29, 0.717) is 5.57 Å². The quantitative estimate of drug-likeness (QED) is 0.514. The molecule has 0 bridgehead atoms. The summed E-state index contributed by atoms with van der Waals surface area (Å²) in [5.41, 5.74) is -0.323. The Morgan fingerprint density at radius 1 is 1.57 bits per heavy atom. The van der Waals surface area contributed by atoms with Crippen molar-refractivity contribution in [1.29, 1.82) is 0 Å². The molecule has 0 radical (unpaired) electrons. The van der Waals surface area contributed by atoms with Gasteiger partial charge in [-0.05, 0) is 13.0 Å². The maximum absolute atomic E-state index is 11.0. The molecule has 0 aromatic carbocycles. The Morgan fingerprint density at radius 2 is 2.07 bits per heavy atom. The predicted molar refractivity (Wildman–Crippen MR) is 52.6 cm³/mol. The number of ether oxygens (including phenoxy) is 1. The summed E-state index contributed by atoms with van der Waals surface area (Å²) in [4.78, 5) is 11.0. The summed E-state index contributed by atoms with van der Waals surface area (Å²) in [6.45, 7) is 4.82. The molecular weight excluding hydrogens is 184 g/mol. The Hall–Kier alpha value is -0.870. The molecule has 0 heterocycles. The van der Waals surface area contributed by atoms with E-state index in [4.69, 9.17) is 5.11 Å². The van der Waals surface area contributed by atoms with Gasteiger partial charge in [-0.15, -0.1) is 0 Å². The molecule has 0 fully saturated rings. The number of carbonyl (C=O) groups is 1. The summed E-state index contributed by atoms with van der Waals surface area (Å²) in [5.74, 6) is -0.474. The van der Waals surface area contributed by atoms with Gasteiger partial charge in [0.1, 0.15) is 0 Å². The summed E-state index contributed by atoms with van der Waals surface area (Å²) in [6.07, 6.45) is 0.522. The molecule has 0 spiro atoms. The fourth-order valence-electron chi connectivity index (χ4n) is 0.785. The molecule has 0 amide bonds. The highest BCUT2D eigenvalue weighted by Crippen LogP contribution is 2.21. The highest BCUT2D eigenvalue weighted by Gasteiger charge is 2.25. The summed E-state index contributed by atoms with van der Waals surface area (Å²) in [6, 6.07) is 0. The first-order valence-corrected chi connectivity index (χ1v) is 4.41. The molecule has 1 atom stereocenters. The molecule has 4 nitrogen and oxygen atoms in total. The molecule has 0 aromatic heterocycles. The van der Waals surface area contributed by atoms with Crippen molar-refractivity contribution in [2.75, 3.05) is 13.7 Å². The number of rotatable bonds is 4. The van der Waals surface area contributed by atoms with Crippen molar-refractivity contribution in [1.82, 2.24) is 0 Å². The van der Waals surface area contributed by atoms with Crippen LogP contribution in [0.4, 0.5) is 0 Å². The number of carbonyl (C=O) groups excluding carboxylic acids is 1. The number of aliphatic hydroxyl groups is 2. The fourth-order valence-corrected chi connectivity index (χ4v) is 0.785. The van der Waals surface area contributed by atoms with E-state index < -0.39 is 17.5 Å². The molecule has 1 unspecified atom stereocenters. The molecule has 0 saturated carbocycles. The van der Waals surface area contributed by atoms with Crippen molar-refractivity contribution < 1.29 is 19.7 Å². The third-order valence-electron chi connectivity index (χ3n) is 2.12. The second-order valence-corrected chi connectivity index (χ2v) is 3.93. The van der Waals surface area contributed by atoms with Crippen molar-refractivity contribution in [3.8, 4) is 0 Å². The van der Waals surface area contributed by atoms with Crippen molar-refractivity contribution >= 4 is 5.97 Å².